The van der Waals surface area contributed by atoms with Crippen LogP contribution in [0, 0.1) is 17.5 Å². The van der Waals surface area contributed by atoms with Crippen LogP contribution in [0.15, 0.2) is 12.1 Å². The summed E-state index contributed by atoms with van der Waals surface area (Å²) in [6.45, 7) is 1.48. The van der Waals surface area contributed by atoms with Gasteiger partial charge in [0.05, 0.1) is 17.5 Å². The first-order valence-electron chi connectivity index (χ1n) is 5.14. The molecule has 0 bridgehead atoms. The number of aliphatic hydroxyl groups is 1. The van der Waals surface area contributed by atoms with E-state index in [1.807, 2.05) is 0 Å². The molecule has 0 aliphatic heterocycles. The maximum atomic E-state index is 13.3. The highest BCUT2D eigenvalue weighted by molar-refractivity contribution is 8.00. The number of nitrogens with one attached hydrogen (secondary N) is 1. The van der Waals surface area contributed by atoms with Crippen molar-refractivity contribution < 1.29 is 23.1 Å². The van der Waals surface area contributed by atoms with Gasteiger partial charge in [-0.3, -0.25) is 4.79 Å². The van der Waals surface area contributed by atoms with Crippen LogP contribution in [0.25, 0.3) is 0 Å². The molecule has 1 aromatic rings. The molecule has 7 heteroatoms. The largest absolute Gasteiger partial charge is 0.396 e. The Morgan fingerprint density at radius 2 is 2.06 bits per heavy atom. The molecule has 0 fully saturated rings. The highest BCUT2D eigenvalue weighted by Gasteiger charge is 2.18. The lowest BCUT2D eigenvalue weighted by Gasteiger charge is -2.12. The summed E-state index contributed by atoms with van der Waals surface area (Å²) < 4.78 is 38.8. The number of carbonyl (C=O) groups excluding carboxylic acids is 1. The first-order chi connectivity index (χ1) is 8.47. The van der Waals surface area contributed by atoms with Crippen LogP contribution in [-0.2, 0) is 4.79 Å². The molecule has 0 aliphatic carbocycles. The maximum Gasteiger partial charge on any atom is 0.237 e. The van der Waals surface area contributed by atoms with Gasteiger partial charge in [-0.1, -0.05) is 0 Å². The fourth-order valence-electron chi connectivity index (χ4n) is 1.16. The lowest BCUT2D eigenvalue weighted by Crippen LogP contribution is -2.24. The van der Waals surface area contributed by atoms with Gasteiger partial charge in [0, 0.05) is 5.75 Å². The van der Waals surface area contributed by atoms with Gasteiger partial charge in [-0.25, -0.2) is 13.2 Å². The SMILES string of the molecule is C[C@@H](SCCO)C(=O)Nc1ccc(F)c(F)c1F. The minimum absolute atomic E-state index is 0.0815. The molecule has 0 unspecified atom stereocenters. The third kappa shape index (κ3) is 3.64. The Morgan fingerprint density at radius 3 is 2.67 bits per heavy atom. The highest BCUT2D eigenvalue weighted by atomic mass is 32.2. The lowest BCUT2D eigenvalue weighted by molar-refractivity contribution is -0.115. The summed E-state index contributed by atoms with van der Waals surface area (Å²) in [5.41, 5.74) is -0.407. The topological polar surface area (TPSA) is 49.3 Å². The Hall–Kier alpha value is -1.21. The van der Waals surface area contributed by atoms with Crippen LogP contribution in [-0.4, -0.2) is 28.6 Å². The number of halogens is 3. The third-order valence-electron chi connectivity index (χ3n) is 2.12. The van der Waals surface area contributed by atoms with Gasteiger partial charge in [-0.15, -0.1) is 11.8 Å². The average molecular weight is 279 g/mol. The van der Waals surface area contributed by atoms with E-state index in [0.29, 0.717) is 5.75 Å². The molecule has 2 N–H and O–H groups in total. The number of rotatable bonds is 5. The first kappa shape index (κ1) is 14.8. The van der Waals surface area contributed by atoms with Gasteiger partial charge in [0.15, 0.2) is 17.5 Å². The van der Waals surface area contributed by atoms with E-state index in [1.54, 1.807) is 6.92 Å². The summed E-state index contributed by atoms with van der Waals surface area (Å²) in [4.78, 5) is 11.6. The third-order valence-corrected chi connectivity index (χ3v) is 3.25. The molecule has 0 aliphatic rings. The maximum absolute atomic E-state index is 13.3. The molecule has 0 saturated heterocycles. The summed E-state index contributed by atoms with van der Waals surface area (Å²) >= 11 is 1.16. The van der Waals surface area contributed by atoms with E-state index in [-0.39, 0.29) is 6.61 Å². The summed E-state index contributed by atoms with van der Waals surface area (Å²) in [6.07, 6.45) is 0. The zero-order valence-corrected chi connectivity index (χ0v) is 10.4. The van der Waals surface area contributed by atoms with E-state index in [2.05, 4.69) is 5.32 Å². The van der Waals surface area contributed by atoms with Crippen molar-refractivity contribution in [3.63, 3.8) is 0 Å². The molecule has 0 heterocycles. The molecule has 0 spiro atoms. The average Bonchev–Trinajstić information content (AvgIpc) is 2.36. The van der Waals surface area contributed by atoms with Crippen LogP contribution in [0.4, 0.5) is 18.9 Å². The van der Waals surface area contributed by atoms with Gasteiger partial charge in [-0.05, 0) is 19.1 Å². The minimum atomic E-state index is -1.62. The van der Waals surface area contributed by atoms with Crippen LogP contribution < -0.4 is 5.32 Å². The predicted octanol–water partition coefficient (Wildman–Crippen LogP) is 2.16. The number of hydrogen-bond donors (Lipinski definition) is 2. The molecule has 1 amide bonds. The second-order valence-corrected chi connectivity index (χ2v) is 4.90. The molecular weight excluding hydrogens is 267 g/mol. The Morgan fingerprint density at radius 1 is 1.39 bits per heavy atom. The molecule has 3 nitrogen and oxygen atoms in total. The van der Waals surface area contributed by atoms with Gasteiger partial charge in [-0.2, -0.15) is 0 Å². The fourth-order valence-corrected chi connectivity index (χ4v) is 1.83. The molecule has 18 heavy (non-hydrogen) atoms. The van der Waals surface area contributed by atoms with Gasteiger partial charge in [0.1, 0.15) is 0 Å². The van der Waals surface area contributed by atoms with Crippen LogP contribution >= 0.6 is 11.8 Å². The quantitative estimate of drug-likeness (QED) is 0.812. The zero-order chi connectivity index (χ0) is 13.7. The molecule has 0 radical (unpaired) electrons. The van der Waals surface area contributed by atoms with E-state index in [0.717, 1.165) is 23.9 Å². The van der Waals surface area contributed by atoms with Gasteiger partial charge >= 0.3 is 0 Å². The van der Waals surface area contributed by atoms with E-state index >= 15 is 0 Å². The fraction of sp³-hybridized carbons (Fsp3) is 0.364. The van der Waals surface area contributed by atoms with E-state index < -0.39 is 34.3 Å². The van der Waals surface area contributed by atoms with Crippen molar-refractivity contribution in [2.45, 2.75) is 12.2 Å². The Bertz CT molecular complexity index is 443. The van der Waals surface area contributed by atoms with Gasteiger partial charge < -0.3 is 10.4 Å². The van der Waals surface area contributed by atoms with Crippen LogP contribution in [0.1, 0.15) is 6.92 Å². The number of carbonyl (C=O) groups is 1. The van der Waals surface area contributed by atoms with Crippen molar-refractivity contribution in [1.82, 2.24) is 0 Å². The van der Waals surface area contributed by atoms with Gasteiger partial charge in [0.25, 0.3) is 0 Å². The summed E-state index contributed by atoms with van der Waals surface area (Å²) in [6, 6.07) is 1.69. The second-order valence-electron chi connectivity index (χ2n) is 3.45. The van der Waals surface area contributed by atoms with E-state index in [1.165, 1.54) is 0 Å². The van der Waals surface area contributed by atoms with Crippen molar-refractivity contribution in [2.24, 2.45) is 0 Å². The van der Waals surface area contributed by atoms with Crippen molar-refractivity contribution in [2.75, 3.05) is 17.7 Å². The molecule has 1 rings (SSSR count). The van der Waals surface area contributed by atoms with Crippen molar-refractivity contribution in [1.29, 1.82) is 0 Å². The molecular formula is C11H12F3NO2S. The van der Waals surface area contributed by atoms with Crippen molar-refractivity contribution >= 4 is 23.4 Å². The predicted molar refractivity (Wildman–Crippen MR) is 64.0 cm³/mol. The van der Waals surface area contributed by atoms with Crippen molar-refractivity contribution in [3.05, 3.63) is 29.6 Å². The lowest BCUT2D eigenvalue weighted by atomic mass is 10.2. The standard InChI is InChI=1S/C11H12F3NO2S/c1-6(18-5-4-16)11(17)15-8-3-2-7(12)9(13)10(8)14/h2-3,6,16H,4-5H2,1H3,(H,15,17)/t6-/m1/s1. The highest BCUT2D eigenvalue weighted by Crippen LogP contribution is 2.21. The molecule has 0 aromatic heterocycles. The number of amides is 1. The van der Waals surface area contributed by atoms with E-state index in [9.17, 15) is 18.0 Å². The summed E-state index contributed by atoms with van der Waals surface area (Å²) in [5.74, 6) is -4.55. The van der Waals surface area contributed by atoms with E-state index in [4.69, 9.17) is 5.11 Å². The number of benzene rings is 1. The molecule has 100 valence electrons. The summed E-state index contributed by atoms with van der Waals surface area (Å²) in [5, 5.41) is 10.2. The molecule has 0 saturated carbocycles. The van der Waals surface area contributed by atoms with Gasteiger partial charge in [0.2, 0.25) is 5.91 Å². The number of anilines is 1. The van der Waals surface area contributed by atoms with Crippen LogP contribution in [0.3, 0.4) is 0 Å². The normalized spacial score (nSPS) is 12.3. The molecule has 1 aromatic carbocycles. The van der Waals surface area contributed by atoms with Crippen LogP contribution in [0.5, 0.6) is 0 Å². The number of hydrogen-bond acceptors (Lipinski definition) is 3. The number of thioether (sulfide) groups is 1. The first-order valence-corrected chi connectivity index (χ1v) is 6.19. The second kappa shape index (κ2) is 6.65. The monoisotopic (exact) mass is 279 g/mol. The molecule has 1 atom stereocenters. The minimum Gasteiger partial charge on any atom is -0.396 e. The number of aliphatic hydroxyl groups excluding tert-OH is 1. The smallest absolute Gasteiger partial charge is 0.237 e. The zero-order valence-electron chi connectivity index (χ0n) is 9.54. The summed E-state index contributed by atoms with van der Waals surface area (Å²) in [7, 11) is 0. The van der Waals surface area contributed by atoms with Crippen LogP contribution in [0.2, 0.25) is 0 Å². The Balaban J connectivity index is 2.73. The van der Waals surface area contributed by atoms with Crippen molar-refractivity contribution in [3.8, 4) is 0 Å². The Labute approximate surface area is 106 Å². The Kier molecular flexibility index (Phi) is 5.49.